The van der Waals surface area contributed by atoms with Crippen molar-refractivity contribution < 1.29 is 4.79 Å². The Morgan fingerprint density at radius 3 is 2.74 bits per heavy atom. The summed E-state index contributed by atoms with van der Waals surface area (Å²) in [4.78, 5) is 13.6. The summed E-state index contributed by atoms with van der Waals surface area (Å²) in [7, 11) is 1.61. The first-order valence-corrected chi connectivity index (χ1v) is 7.26. The monoisotopic (exact) mass is 336 g/mol. The van der Waals surface area contributed by atoms with Crippen molar-refractivity contribution in [3.8, 4) is 0 Å². The zero-order valence-corrected chi connectivity index (χ0v) is 12.7. The Morgan fingerprint density at radius 2 is 2.05 bits per heavy atom. The van der Waals surface area contributed by atoms with Gasteiger partial charge in [0, 0.05) is 32.6 Å². The third-order valence-corrected chi connectivity index (χ3v) is 4.08. The number of anilines is 1. The number of hydrogen-bond donors (Lipinski definition) is 2. The van der Waals surface area contributed by atoms with E-state index in [2.05, 4.69) is 21.2 Å². The van der Waals surface area contributed by atoms with Gasteiger partial charge in [0.05, 0.1) is 0 Å². The molecular weight excluding hydrogens is 324 g/mol. The van der Waals surface area contributed by atoms with Crippen LogP contribution in [0.25, 0.3) is 0 Å². The van der Waals surface area contributed by atoms with Crippen LogP contribution in [0.1, 0.15) is 10.4 Å². The number of rotatable bonds is 3. The molecule has 0 aliphatic carbocycles. The number of hydrogen-bond acceptors (Lipinski definition) is 3. The van der Waals surface area contributed by atoms with Gasteiger partial charge in [-0.1, -0.05) is 33.8 Å². The lowest BCUT2D eigenvalue weighted by Crippen LogP contribution is -2.17. The van der Waals surface area contributed by atoms with Gasteiger partial charge < -0.3 is 11.1 Å². The van der Waals surface area contributed by atoms with E-state index in [4.69, 9.17) is 5.73 Å². The lowest BCUT2D eigenvalue weighted by atomic mass is 10.2. The molecule has 98 valence electrons. The fourth-order valence-corrected chi connectivity index (χ4v) is 3.07. The summed E-state index contributed by atoms with van der Waals surface area (Å²) >= 11 is 4.97. The van der Waals surface area contributed by atoms with Gasteiger partial charge in [0.1, 0.15) is 0 Å². The van der Waals surface area contributed by atoms with E-state index in [0.717, 1.165) is 14.3 Å². The normalized spacial score (nSPS) is 10.2. The predicted octanol–water partition coefficient (Wildman–Crippen LogP) is 3.54. The molecule has 0 unspecified atom stereocenters. The van der Waals surface area contributed by atoms with Gasteiger partial charge in [-0.25, -0.2) is 0 Å². The molecule has 3 nitrogen and oxygen atoms in total. The van der Waals surface area contributed by atoms with Crippen molar-refractivity contribution in [1.82, 2.24) is 5.32 Å². The minimum Gasteiger partial charge on any atom is -0.398 e. The van der Waals surface area contributed by atoms with Gasteiger partial charge in [0.25, 0.3) is 5.91 Å². The van der Waals surface area contributed by atoms with Crippen molar-refractivity contribution in [3.63, 3.8) is 0 Å². The number of benzene rings is 2. The Morgan fingerprint density at radius 1 is 1.26 bits per heavy atom. The molecule has 0 heterocycles. The highest BCUT2D eigenvalue weighted by Gasteiger charge is 2.08. The highest BCUT2D eigenvalue weighted by molar-refractivity contribution is 9.10. The fourth-order valence-electron chi connectivity index (χ4n) is 1.57. The molecule has 0 atom stereocenters. The molecule has 19 heavy (non-hydrogen) atoms. The van der Waals surface area contributed by atoms with Crippen LogP contribution in [0.3, 0.4) is 0 Å². The number of carbonyl (C=O) groups excluding carboxylic acids is 1. The Balaban J connectivity index is 2.31. The SMILES string of the molecule is CNC(=O)c1ccc(N)c(Sc2cccc(Br)c2)c1. The molecule has 0 aromatic heterocycles. The number of nitrogens with two attached hydrogens (primary N) is 1. The molecule has 0 spiro atoms. The van der Waals surface area contributed by atoms with E-state index in [-0.39, 0.29) is 5.91 Å². The first kappa shape index (κ1) is 14.0. The first-order chi connectivity index (χ1) is 9.10. The average Bonchev–Trinajstić information content (AvgIpc) is 2.40. The van der Waals surface area contributed by atoms with Crippen molar-refractivity contribution in [1.29, 1.82) is 0 Å². The van der Waals surface area contributed by atoms with Crippen LogP contribution in [0, 0.1) is 0 Å². The maximum atomic E-state index is 11.6. The second-order valence-electron chi connectivity index (χ2n) is 3.89. The minimum atomic E-state index is -0.115. The largest absolute Gasteiger partial charge is 0.398 e. The number of nitrogens with one attached hydrogen (secondary N) is 1. The summed E-state index contributed by atoms with van der Waals surface area (Å²) in [6.07, 6.45) is 0. The maximum absolute atomic E-state index is 11.6. The molecule has 0 aliphatic rings. The van der Waals surface area contributed by atoms with Crippen LogP contribution < -0.4 is 11.1 Å². The smallest absolute Gasteiger partial charge is 0.251 e. The van der Waals surface area contributed by atoms with Crippen LogP contribution in [0.5, 0.6) is 0 Å². The van der Waals surface area contributed by atoms with Crippen molar-refractivity contribution in [3.05, 3.63) is 52.5 Å². The standard InChI is InChI=1S/C14H13BrN2OS/c1-17-14(18)9-5-6-12(16)13(7-9)19-11-4-2-3-10(15)8-11/h2-8H,16H2,1H3,(H,17,18). The summed E-state index contributed by atoms with van der Waals surface area (Å²) in [5.74, 6) is -0.115. The number of halogens is 1. The Labute approximate surface area is 124 Å². The van der Waals surface area contributed by atoms with E-state index in [1.807, 2.05) is 24.3 Å². The first-order valence-electron chi connectivity index (χ1n) is 5.65. The lowest BCUT2D eigenvalue weighted by molar-refractivity contribution is 0.0963. The molecule has 2 rings (SSSR count). The average molecular weight is 337 g/mol. The molecule has 0 saturated heterocycles. The van der Waals surface area contributed by atoms with Gasteiger partial charge in [-0.3, -0.25) is 4.79 Å². The molecule has 2 aromatic rings. The summed E-state index contributed by atoms with van der Waals surface area (Å²) in [6.45, 7) is 0. The highest BCUT2D eigenvalue weighted by atomic mass is 79.9. The third-order valence-electron chi connectivity index (χ3n) is 2.53. The van der Waals surface area contributed by atoms with Crippen molar-refractivity contribution in [2.45, 2.75) is 9.79 Å². The van der Waals surface area contributed by atoms with E-state index in [1.165, 1.54) is 11.8 Å². The van der Waals surface area contributed by atoms with Gasteiger partial charge in [0.15, 0.2) is 0 Å². The molecule has 0 bridgehead atoms. The molecule has 0 saturated carbocycles. The van der Waals surface area contributed by atoms with Crippen molar-refractivity contribution in [2.24, 2.45) is 0 Å². The zero-order valence-electron chi connectivity index (χ0n) is 10.3. The van der Waals surface area contributed by atoms with E-state index in [9.17, 15) is 4.79 Å². The topological polar surface area (TPSA) is 55.1 Å². The summed E-state index contributed by atoms with van der Waals surface area (Å²) in [5.41, 5.74) is 7.22. The van der Waals surface area contributed by atoms with E-state index < -0.39 is 0 Å². The predicted molar refractivity (Wildman–Crippen MR) is 82.5 cm³/mol. The number of nitrogen functional groups attached to an aromatic ring is 1. The van der Waals surface area contributed by atoms with Gasteiger partial charge >= 0.3 is 0 Å². The van der Waals surface area contributed by atoms with Crippen LogP contribution in [-0.4, -0.2) is 13.0 Å². The second-order valence-corrected chi connectivity index (χ2v) is 5.92. The third kappa shape index (κ3) is 3.52. The molecule has 3 N–H and O–H groups in total. The maximum Gasteiger partial charge on any atom is 0.251 e. The van der Waals surface area contributed by atoms with Gasteiger partial charge in [-0.15, -0.1) is 0 Å². The number of amides is 1. The van der Waals surface area contributed by atoms with Crippen LogP contribution in [0.15, 0.2) is 56.7 Å². The fraction of sp³-hybridized carbons (Fsp3) is 0.0714. The van der Waals surface area contributed by atoms with E-state index in [0.29, 0.717) is 11.3 Å². The second kappa shape index (κ2) is 6.12. The molecule has 5 heteroatoms. The summed E-state index contributed by atoms with van der Waals surface area (Å²) in [6, 6.07) is 13.2. The van der Waals surface area contributed by atoms with Gasteiger partial charge in [-0.05, 0) is 36.4 Å². The van der Waals surface area contributed by atoms with E-state index >= 15 is 0 Å². The van der Waals surface area contributed by atoms with Crippen LogP contribution in [0.4, 0.5) is 5.69 Å². The van der Waals surface area contributed by atoms with Gasteiger partial charge in [-0.2, -0.15) is 0 Å². The van der Waals surface area contributed by atoms with Crippen LogP contribution in [0.2, 0.25) is 0 Å². The van der Waals surface area contributed by atoms with E-state index in [1.54, 1.807) is 25.2 Å². The van der Waals surface area contributed by atoms with Crippen molar-refractivity contribution in [2.75, 3.05) is 12.8 Å². The Bertz CT molecular complexity index is 616. The summed E-state index contributed by atoms with van der Waals surface area (Å²) < 4.78 is 1.01. The lowest BCUT2D eigenvalue weighted by Gasteiger charge is -2.08. The highest BCUT2D eigenvalue weighted by Crippen LogP contribution is 2.33. The summed E-state index contributed by atoms with van der Waals surface area (Å²) in [5, 5.41) is 2.60. The van der Waals surface area contributed by atoms with Crippen molar-refractivity contribution >= 4 is 39.3 Å². The molecule has 2 aromatic carbocycles. The van der Waals surface area contributed by atoms with Gasteiger partial charge in [0.2, 0.25) is 0 Å². The van der Waals surface area contributed by atoms with Crippen LogP contribution >= 0.6 is 27.7 Å². The Kier molecular flexibility index (Phi) is 4.50. The molecule has 0 radical (unpaired) electrons. The van der Waals surface area contributed by atoms with Crippen LogP contribution in [-0.2, 0) is 0 Å². The molecule has 0 aliphatic heterocycles. The zero-order chi connectivity index (χ0) is 13.8. The molecule has 0 fully saturated rings. The minimum absolute atomic E-state index is 0.115. The quantitative estimate of drug-likeness (QED) is 0.843. The molecular formula is C14H13BrN2OS. The Hall–Kier alpha value is -1.46. The number of carbonyl (C=O) groups is 1. The molecule has 1 amide bonds.